The summed E-state index contributed by atoms with van der Waals surface area (Å²) in [5.74, 6) is 0. The van der Waals surface area contributed by atoms with Crippen molar-refractivity contribution >= 4 is 31.3 Å². The maximum Gasteiger partial charge on any atom is 0.267 e. The third-order valence-corrected chi connectivity index (χ3v) is 3.55. The van der Waals surface area contributed by atoms with Gasteiger partial charge < -0.3 is 0 Å². The molecule has 0 aliphatic carbocycles. The second kappa shape index (κ2) is 4.19. The summed E-state index contributed by atoms with van der Waals surface area (Å²) in [5, 5.41) is -0.576. The Morgan fingerprint density at radius 2 is 2.00 bits per heavy atom. The lowest BCUT2D eigenvalue weighted by Gasteiger charge is -2.08. The standard InChI is InChI=1S/C7H5Cl2F2NO2S/c1-3-5(7(10)11)6(8)4(2-12-3)15(9,13)14/h2,7H,1H3. The van der Waals surface area contributed by atoms with Crippen molar-refractivity contribution in [1.82, 2.24) is 4.98 Å². The highest BCUT2D eigenvalue weighted by Crippen LogP contribution is 2.34. The Morgan fingerprint density at radius 3 is 2.40 bits per heavy atom. The Morgan fingerprint density at radius 1 is 1.47 bits per heavy atom. The van der Waals surface area contributed by atoms with Crippen molar-refractivity contribution in [1.29, 1.82) is 0 Å². The van der Waals surface area contributed by atoms with Crippen molar-refractivity contribution in [3.8, 4) is 0 Å². The summed E-state index contributed by atoms with van der Waals surface area (Å²) in [6, 6.07) is 0. The number of hydrogen-bond donors (Lipinski definition) is 0. The van der Waals surface area contributed by atoms with Gasteiger partial charge in [0, 0.05) is 22.6 Å². The highest BCUT2D eigenvalue weighted by atomic mass is 35.7. The van der Waals surface area contributed by atoms with Crippen LogP contribution in [0.25, 0.3) is 0 Å². The van der Waals surface area contributed by atoms with Crippen molar-refractivity contribution in [3.05, 3.63) is 22.5 Å². The van der Waals surface area contributed by atoms with Crippen molar-refractivity contribution < 1.29 is 17.2 Å². The molecule has 0 fully saturated rings. The SMILES string of the molecule is Cc1ncc(S(=O)(=O)Cl)c(Cl)c1C(F)F. The molecule has 0 saturated heterocycles. The topological polar surface area (TPSA) is 47.0 Å². The number of alkyl halides is 2. The quantitative estimate of drug-likeness (QED) is 0.780. The van der Waals surface area contributed by atoms with Gasteiger partial charge in [-0.05, 0) is 6.92 Å². The Balaban J connectivity index is 3.56. The molecule has 0 bridgehead atoms. The number of hydrogen-bond acceptors (Lipinski definition) is 3. The Bertz CT molecular complexity index is 490. The van der Waals surface area contributed by atoms with Crippen molar-refractivity contribution in [2.75, 3.05) is 0 Å². The minimum atomic E-state index is -4.16. The van der Waals surface area contributed by atoms with E-state index in [-0.39, 0.29) is 5.69 Å². The molecule has 0 amide bonds. The lowest BCUT2D eigenvalue weighted by atomic mass is 10.2. The number of pyridine rings is 1. The van der Waals surface area contributed by atoms with Crippen LogP contribution in [0.5, 0.6) is 0 Å². The molecular formula is C7H5Cl2F2NO2S. The van der Waals surface area contributed by atoms with Gasteiger partial charge in [0.15, 0.2) is 0 Å². The fourth-order valence-electron chi connectivity index (χ4n) is 0.997. The van der Waals surface area contributed by atoms with E-state index in [4.69, 9.17) is 22.3 Å². The van der Waals surface area contributed by atoms with Gasteiger partial charge >= 0.3 is 0 Å². The van der Waals surface area contributed by atoms with Crippen LogP contribution in [0.2, 0.25) is 5.02 Å². The summed E-state index contributed by atoms with van der Waals surface area (Å²) in [4.78, 5) is 2.89. The maximum absolute atomic E-state index is 12.5. The molecule has 0 radical (unpaired) electrons. The zero-order valence-electron chi connectivity index (χ0n) is 7.34. The van der Waals surface area contributed by atoms with E-state index in [0.29, 0.717) is 0 Å². The third kappa shape index (κ3) is 2.56. The van der Waals surface area contributed by atoms with E-state index in [1.54, 1.807) is 0 Å². The zero-order chi connectivity index (χ0) is 11.8. The van der Waals surface area contributed by atoms with Crippen LogP contribution in [-0.4, -0.2) is 13.4 Å². The Hall–Kier alpha value is -0.460. The summed E-state index contributed by atoms with van der Waals surface area (Å²) < 4.78 is 46.9. The van der Waals surface area contributed by atoms with E-state index in [2.05, 4.69) is 4.98 Å². The van der Waals surface area contributed by atoms with Crippen molar-refractivity contribution in [2.24, 2.45) is 0 Å². The summed E-state index contributed by atoms with van der Waals surface area (Å²) in [6.07, 6.45) is -2.05. The van der Waals surface area contributed by atoms with Crippen LogP contribution < -0.4 is 0 Å². The number of aryl methyl sites for hydroxylation is 1. The molecule has 0 N–H and O–H groups in total. The first-order chi connectivity index (χ1) is 6.75. The molecule has 1 rings (SSSR count). The highest BCUT2D eigenvalue weighted by molar-refractivity contribution is 8.13. The predicted molar refractivity (Wildman–Crippen MR) is 52.0 cm³/mol. The van der Waals surface area contributed by atoms with E-state index >= 15 is 0 Å². The summed E-state index contributed by atoms with van der Waals surface area (Å²) in [5.41, 5.74) is -0.641. The van der Waals surface area contributed by atoms with Crippen LogP contribution in [0.15, 0.2) is 11.1 Å². The van der Waals surface area contributed by atoms with Gasteiger partial charge in [0.2, 0.25) is 0 Å². The summed E-state index contributed by atoms with van der Waals surface area (Å²) in [7, 11) is 0.834. The van der Waals surface area contributed by atoms with Gasteiger partial charge in [-0.1, -0.05) is 11.6 Å². The second-order valence-corrected chi connectivity index (χ2v) is 5.59. The average Bonchev–Trinajstić information content (AvgIpc) is 2.00. The second-order valence-electron chi connectivity index (χ2n) is 2.67. The van der Waals surface area contributed by atoms with Crippen molar-refractivity contribution in [2.45, 2.75) is 18.2 Å². The van der Waals surface area contributed by atoms with Crippen LogP contribution in [0.4, 0.5) is 8.78 Å². The molecule has 0 atom stereocenters. The van der Waals surface area contributed by atoms with E-state index < -0.39 is 31.0 Å². The lowest BCUT2D eigenvalue weighted by molar-refractivity contribution is 0.150. The first-order valence-corrected chi connectivity index (χ1v) is 6.31. The molecule has 1 heterocycles. The number of halogens is 4. The fraction of sp³-hybridized carbons (Fsp3) is 0.286. The lowest BCUT2D eigenvalue weighted by Crippen LogP contribution is -2.01. The monoisotopic (exact) mass is 275 g/mol. The van der Waals surface area contributed by atoms with Crippen LogP contribution >= 0.6 is 22.3 Å². The van der Waals surface area contributed by atoms with Crippen LogP contribution in [0.1, 0.15) is 17.7 Å². The smallest absolute Gasteiger partial charge is 0.260 e. The summed E-state index contributed by atoms with van der Waals surface area (Å²) >= 11 is 5.51. The third-order valence-electron chi connectivity index (χ3n) is 1.70. The molecule has 0 saturated carbocycles. The van der Waals surface area contributed by atoms with E-state index in [1.165, 1.54) is 6.92 Å². The normalized spacial score (nSPS) is 12.1. The largest absolute Gasteiger partial charge is 0.267 e. The molecule has 3 nitrogen and oxygen atoms in total. The van der Waals surface area contributed by atoms with Gasteiger partial charge in [0.1, 0.15) is 4.90 Å². The van der Waals surface area contributed by atoms with Crippen LogP contribution in [0, 0.1) is 6.92 Å². The van der Waals surface area contributed by atoms with Gasteiger partial charge in [-0.3, -0.25) is 4.98 Å². The minimum Gasteiger partial charge on any atom is -0.260 e. The molecule has 0 unspecified atom stereocenters. The zero-order valence-corrected chi connectivity index (χ0v) is 9.67. The van der Waals surface area contributed by atoms with Gasteiger partial charge in [-0.15, -0.1) is 0 Å². The molecule has 84 valence electrons. The first-order valence-electron chi connectivity index (χ1n) is 3.63. The van der Waals surface area contributed by atoms with E-state index in [1.807, 2.05) is 0 Å². The number of rotatable bonds is 2. The summed E-state index contributed by atoms with van der Waals surface area (Å²) in [6.45, 7) is 1.30. The van der Waals surface area contributed by atoms with Gasteiger partial charge in [0.25, 0.3) is 15.5 Å². The molecule has 8 heteroatoms. The molecule has 0 aromatic carbocycles. The van der Waals surface area contributed by atoms with Gasteiger partial charge in [-0.25, -0.2) is 17.2 Å². The van der Waals surface area contributed by atoms with Crippen LogP contribution in [-0.2, 0) is 9.05 Å². The first kappa shape index (κ1) is 12.6. The van der Waals surface area contributed by atoms with Crippen molar-refractivity contribution in [3.63, 3.8) is 0 Å². The van der Waals surface area contributed by atoms with E-state index in [9.17, 15) is 17.2 Å². The molecule has 1 aromatic rings. The van der Waals surface area contributed by atoms with E-state index in [0.717, 1.165) is 6.20 Å². The molecule has 0 spiro atoms. The molecule has 15 heavy (non-hydrogen) atoms. The fourth-order valence-corrected chi connectivity index (χ4v) is 2.54. The van der Waals surface area contributed by atoms with Crippen LogP contribution in [0.3, 0.4) is 0 Å². The molecule has 0 aliphatic rings. The molecular weight excluding hydrogens is 271 g/mol. The Kier molecular flexibility index (Phi) is 3.52. The predicted octanol–water partition coefficient (Wildman–Crippen LogP) is 2.91. The molecule has 0 aliphatic heterocycles. The van der Waals surface area contributed by atoms with Gasteiger partial charge in [0.05, 0.1) is 10.6 Å². The minimum absolute atomic E-state index is 0.0286. The van der Waals surface area contributed by atoms with Gasteiger partial charge in [-0.2, -0.15) is 0 Å². The number of aromatic nitrogens is 1. The Labute approximate surface area is 94.4 Å². The number of nitrogens with zero attached hydrogens (tertiary/aromatic N) is 1. The maximum atomic E-state index is 12.5. The average molecular weight is 276 g/mol. The molecule has 1 aromatic heterocycles. The highest BCUT2D eigenvalue weighted by Gasteiger charge is 2.24.